The van der Waals surface area contributed by atoms with E-state index in [4.69, 9.17) is 0 Å². The number of aryl methyl sites for hydroxylation is 1. The molecule has 25 heavy (non-hydrogen) atoms. The Hall–Kier alpha value is -2.73. The first kappa shape index (κ1) is 17.1. The number of nitrogens with zero attached hydrogens (tertiary/aromatic N) is 2. The third-order valence-electron chi connectivity index (χ3n) is 4.23. The van der Waals surface area contributed by atoms with Gasteiger partial charge in [-0.05, 0) is 42.3 Å². The summed E-state index contributed by atoms with van der Waals surface area (Å²) in [5.74, 6) is -0.450. The van der Waals surface area contributed by atoms with Crippen molar-refractivity contribution in [2.45, 2.75) is 19.9 Å². The molecular formula is C19H20FN3O2. The molecule has 6 heteroatoms. The van der Waals surface area contributed by atoms with Crippen LogP contribution in [0.4, 0.5) is 4.39 Å². The van der Waals surface area contributed by atoms with Gasteiger partial charge in [-0.15, -0.1) is 0 Å². The predicted octanol–water partition coefficient (Wildman–Crippen LogP) is 2.57. The average molecular weight is 341 g/mol. The van der Waals surface area contributed by atoms with Gasteiger partial charge in [-0.1, -0.05) is 6.07 Å². The smallest absolute Gasteiger partial charge is 0.227 e. The van der Waals surface area contributed by atoms with Crippen LogP contribution in [0, 0.1) is 12.7 Å². The molecule has 0 spiro atoms. The Morgan fingerprint density at radius 3 is 2.92 bits per heavy atom. The van der Waals surface area contributed by atoms with Crippen LogP contribution < -0.4 is 0 Å². The van der Waals surface area contributed by atoms with Gasteiger partial charge in [0.25, 0.3) is 0 Å². The maximum absolute atomic E-state index is 13.6. The number of aliphatic hydroxyl groups excluding tert-OH is 1. The van der Waals surface area contributed by atoms with Crippen LogP contribution in [0.5, 0.6) is 0 Å². The van der Waals surface area contributed by atoms with Crippen LogP contribution in [0.1, 0.15) is 16.8 Å². The number of nitrogens with one attached hydrogen (secondary N) is 1. The van der Waals surface area contributed by atoms with Crippen molar-refractivity contribution in [3.05, 3.63) is 65.4 Å². The number of aliphatic hydroxyl groups is 1. The number of rotatable bonds is 6. The Morgan fingerprint density at radius 1 is 1.36 bits per heavy atom. The van der Waals surface area contributed by atoms with Gasteiger partial charge in [-0.2, -0.15) is 0 Å². The van der Waals surface area contributed by atoms with Crippen molar-refractivity contribution in [2.24, 2.45) is 0 Å². The molecule has 2 aromatic heterocycles. The zero-order chi connectivity index (χ0) is 17.8. The molecule has 2 N–H and O–H groups in total. The number of hydrogen-bond acceptors (Lipinski definition) is 3. The van der Waals surface area contributed by atoms with E-state index >= 15 is 0 Å². The second-order valence-electron chi connectivity index (χ2n) is 6.00. The molecule has 2 heterocycles. The van der Waals surface area contributed by atoms with Crippen LogP contribution in [0.3, 0.4) is 0 Å². The summed E-state index contributed by atoms with van der Waals surface area (Å²) in [6.07, 6.45) is 3.52. The topological polar surface area (TPSA) is 69.2 Å². The number of amides is 1. The zero-order valence-corrected chi connectivity index (χ0v) is 14.0. The first-order valence-corrected chi connectivity index (χ1v) is 8.12. The number of hydrogen-bond donors (Lipinski definition) is 2. The van der Waals surface area contributed by atoms with Crippen molar-refractivity contribution in [3.8, 4) is 0 Å². The Balaban J connectivity index is 1.84. The number of aromatic nitrogens is 2. The molecule has 0 radical (unpaired) electrons. The van der Waals surface area contributed by atoms with Crippen LogP contribution in [-0.2, 0) is 17.8 Å². The van der Waals surface area contributed by atoms with Gasteiger partial charge in [-0.25, -0.2) is 4.39 Å². The lowest BCUT2D eigenvalue weighted by Crippen LogP contribution is -2.34. The summed E-state index contributed by atoms with van der Waals surface area (Å²) in [6.45, 7) is 2.37. The van der Waals surface area contributed by atoms with Gasteiger partial charge in [0.05, 0.1) is 13.0 Å². The largest absolute Gasteiger partial charge is 0.395 e. The summed E-state index contributed by atoms with van der Waals surface area (Å²) in [5, 5.41) is 10.0. The molecule has 130 valence electrons. The molecule has 0 atom stereocenters. The Kier molecular flexibility index (Phi) is 5.09. The number of aromatic amines is 1. The van der Waals surface area contributed by atoms with Crippen molar-refractivity contribution >= 4 is 16.8 Å². The van der Waals surface area contributed by atoms with Gasteiger partial charge >= 0.3 is 0 Å². The SMILES string of the molecule is Cc1[nH]c2ccc(F)cc2c1CC(=O)N(CCO)Cc1cccnc1. The summed E-state index contributed by atoms with van der Waals surface area (Å²) in [4.78, 5) is 21.6. The molecule has 3 aromatic rings. The Bertz CT molecular complexity index is 877. The van der Waals surface area contributed by atoms with E-state index in [9.17, 15) is 14.3 Å². The maximum atomic E-state index is 13.6. The normalized spacial score (nSPS) is 11.0. The number of pyridine rings is 1. The Labute approximate surface area is 145 Å². The van der Waals surface area contributed by atoms with E-state index in [2.05, 4.69) is 9.97 Å². The van der Waals surface area contributed by atoms with Crippen LogP contribution in [-0.4, -0.2) is 39.0 Å². The van der Waals surface area contributed by atoms with Gasteiger partial charge < -0.3 is 15.0 Å². The molecule has 5 nitrogen and oxygen atoms in total. The van der Waals surface area contributed by atoms with Gasteiger partial charge in [-0.3, -0.25) is 9.78 Å². The standard InChI is InChI=1S/C19H20FN3O2/c1-13-16(17-9-15(20)4-5-18(17)22-13)10-19(25)23(7-8-24)12-14-3-2-6-21-11-14/h2-6,9,11,22,24H,7-8,10,12H2,1H3. The van der Waals surface area contributed by atoms with E-state index in [1.54, 1.807) is 23.4 Å². The van der Waals surface area contributed by atoms with Crippen LogP contribution in [0.25, 0.3) is 10.9 Å². The molecule has 0 aliphatic carbocycles. The molecule has 0 fully saturated rings. The zero-order valence-electron chi connectivity index (χ0n) is 14.0. The molecule has 1 aromatic carbocycles. The summed E-state index contributed by atoms with van der Waals surface area (Å²) in [5.41, 5.74) is 3.33. The van der Waals surface area contributed by atoms with Crippen LogP contribution in [0.2, 0.25) is 0 Å². The average Bonchev–Trinajstić information content (AvgIpc) is 2.90. The number of carbonyl (C=O) groups excluding carboxylic acids is 1. The summed E-state index contributed by atoms with van der Waals surface area (Å²) >= 11 is 0. The molecule has 3 rings (SSSR count). The number of fused-ring (bicyclic) bond motifs is 1. The van der Waals surface area contributed by atoms with E-state index in [1.807, 2.05) is 19.1 Å². The lowest BCUT2D eigenvalue weighted by molar-refractivity contribution is -0.131. The van der Waals surface area contributed by atoms with E-state index < -0.39 is 0 Å². The van der Waals surface area contributed by atoms with Crippen molar-refractivity contribution in [2.75, 3.05) is 13.2 Å². The van der Waals surface area contributed by atoms with Gasteiger partial charge in [0.2, 0.25) is 5.91 Å². The van der Waals surface area contributed by atoms with Gasteiger partial charge in [0, 0.05) is 42.1 Å². The molecule has 0 aliphatic rings. The molecule has 0 saturated carbocycles. The lowest BCUT2D eigenvalue weighted by atomic mass is 10.1. The highest BCUT2D eigenvalue weighted by atomic mass is 19.1. The quantitative estimate of drug-likeness (QED) is 0.724. The minimum absolute atomic E-state index is 0.118. The van der Waals surface area contributed by atoms with E-state index in [0.29, 0.717) is 6.54 Å². The molecule has 0 bridgehead atoms. The number of H-pyrrole nitrogens is 1. The third kappa shape index (κ3) is 3.85. The second-order valence-corrected chi connectivity index (χ2v) is 6.00. The number of carbonyl (C=O) groups is 1. The summed E-state index contributed by atoms with van der Waals surface area (Å²) in [6, 6.07) is 8.20. The fourth-order valence-corrected chi connectivity index (χ4v) is 2.97. The van der Waals surface area contributed by atoms with Crippen molar-refractivity contribution < 1.29 is 14.3 Å². The van der Waals surface area contributed by atoms with Gasteiger partial charge in [0.1, 0.15) is 5.82 Å². The summed E-state index contributed by atoms with van der Waals surface area (Å²) in [7, 11) is 0. The predicted molar refractivity (Wildman–Crippen MR) is 93.4 cm³/mol. The van der Waals surface area contributed by atoms with Crippen molar-refractivity contribution in [1.82, 2.24) is 14.9 Å². The first-order chi connectivity index (χ1) is 12.1. The fraction of sp³-hybridized carbons (Fsp3) is 0.263. The molecule has 0 unspecified atom stereocenters. The molecule has 0 saturated heterocycles. The molecular weight excluding hydrogens is 321 g/mol. The Morgan fingerprint density at radius 2 is 2.20 bits per heavy atom. The second kappa shape index (κ2) is 7.44. The van der Waals surface area contributed by atoms with E-state index in [0.717, 1.165) is 27.7 Å². The highest BCUT2D eigenvalue weighted by Gasteiger charge is 2.18. The van der Waals surface area contributed by atoms with Crippen molar-refractivity contribution in [1.29, 1.82) is 0 Å². The number of benzene rings is 1. The minimum Gasteiger partial charge on any atom is -0.395 e. The molecule has 1 amide bonds. The first-order valence-electron chi connectivity index (χ1n) is 8.12. The van der Waals surface area contributed by atoms with E-state index in [-0.39, 0.29) is 31.3 Å². The third-order valence-corrected chi connectivity index (χ3v) is 4.23. The highest BCUT2D eigenvalue weighted by Crippen LogP contribution is 2.24. The lowest BCUT2D eigenvalue weighted by Gasteiger charge is -2.22. The van der Waals surface area contributed by atoms with Crippen molar-refractivity contribution in [3.63, 3.8) is 0 Å². The van der Waals surface area contributed by atoms with Crippen LogP contribution >= 0.6 is 0 Å². The number of halogens is 1. The maximum Gasteiger partial charge on any atom is 0.227 e. The van der Waals surface area contributed by atoms with E-state index in [1.165, 1.54) is 12.1 Å². The minimum atomic E-state index is -0.331. The highest BCUT2D eigenvalue weighted by molar-refractivity contribution is 5.90. The molecule has 0 aliphatic heterocycles. The van der Waals surface area contributed by atoms with Gasteiger partial charge in [0.15, 0.2) is 0 Å². The monoisotopic (exact) mass is 341 g/mol. The summed E-state index contributed by atoms with van der Waals surface area (Å²) < 4.78 is 13.6. The van der Waals surface area contributed by atoms with Crippen LogP contribution in [0.15, 0.2) is 42.7 Å². The fourth-order valence-electron chi connectivity index (χ4n) is 2.97.